The molecule has 7 heteroatoms. The van der Waals surface area contributed by atoms with E-state index in [-0.39, 0.29) is 34.1 Å². The normalized spacial score (nSPS) is 22.5. The van der Waals surface area contributed by atoms with Gasteiger partial charge in [0, 0.05) is 12.0 Å². The molecule has 7 nitrogen and oxygen atoms in total. The number of nitrogens with one attached hydrogen (secondary N) is 1. The monoisotopic (exact) mass is 366 g/mol. The molecule has 4 rings (SSSR count). The van der Waals surface area contributed by atoms with Gasteiger partial charge in [-0.25, -0.2) is 4.79 Å². The van der Waals surface area contributed by atoms with Crippen LogP contribution in [-0.2, 0) is 0 Å². The largest absolute Gasteiger partial charge is 0.495 e. The Morgan fingerprint density at radius 3 is 2.78 bits per heavy atom. The Bertz CT molecular complexity index is 969. The lowest BCUT2D eigenvalue weighted by molar-refractivity contribution is -0.385. The summed E-state index contributed by atoms with van der Waals surface area (Å²) in [4.78, 5) is 22.9. The maximum atomic E-state index is 11.7. The van der Waals surface area contributed by atoms with Crippen molar-refractivity contribution in [3.63, 3.8) is 0 Å². The third kappa shape index (κ3) is 2.63. The number of hydrogen-bond acceptors (Lipinski definition) is 5. The van der Waals surface area contributed by atoms with Crippen LogP contribution < -0.4 is 10.1 Å². The lowest BCUT2D eigenvalue weighted by Crippen LogP contribution is -2.31. The van der Waals surface area contributed by atoms with E-state index in [1.54, 1.807) is 30.3 Å². The van der Waals surface area contributed by atoms with Crippen molar-refractivity contribution in [2.75, 3.05) is 12.4 Å². The van der Waals surface area contributed by atoms with Gasteiger partial charge in [0.1, 0.15) is 5.75 Å². The molecule has 0 saturated carbocycles. The van der Waals surface area contributed by atoms with Crippen LogP contribution in [0.5, 0.6) is 5.75 Å². The predicted octanol–water partition coefficient (Wildman–Crippen LogP) is 4.13. The minimum absolute atomic E-state index is 0.0104. The van der Waals surface area contributed by atoms with E-state index in [1.807, 2.05) is 12.2 Å². The summed E-state index contributed by atoms with van der Waals surface area (Å²) < 4.78 is 5.43. The number of fused-ring (bicyclic) bond motifs is 3. The van der Waals surface area contributed by atoms with Gasteiger partial charge in [0.15, 0.2) is 0 Å². The molecule has 2 aromatic rings. The quantitative estimate of drug-likeness (QED) is 0.479. The van der Waals surface area contributed by atoms with E-state index in [9.17, 15) is 20.0 Å². The number of hydrogen-bond donors (Lipinski definition) is 2. The minimum atomic E-state index is -0.994. The fourth-order valence-corrected chi connectivity index (χ4v) is 4.26. The fourth-order valence-electron chi connectivity index (χ4n) is 4.26. The van der Waals surface area contributed by atoms with Crippen molar-refractivity contribution in [2.24, 2.45) is 5.92 Å². The molecule has 0 radical (unpaired) electrons. The van der Waals surface area contributed by atoms with Crippen LogP contribution in [0.2, 0.25) is 0 Å². The van der Waals surface area contributed by atoms with Crippen molar-refractivity contribution in [3.8, 4) is 5.75 Å². The van der Waals surface area contributed by atoms with Crippen LogP contribution in [0.4, 0.5) is 11.4 Å². The lowest BCUT2D eigenvalue weighted by Gasteiger charge is -2.38. The van der Waals surface area contributed by atoms with Gasteiger partial charge in [-0.1, -0.05) is 30.4 Å². The molecule has 138 valence electrons. The second-order valence-electron chi connectivity index (χ2n) is 6.70. The predicted molar refractivity (Wildman–Crippen MR) is 99.4 cm³/mol. The fraction of sp³-hybridized carbons (Fsp3) is 0.250. The first-order valence-corrected chi connectivity index (χ1v) is 8.63. The summed E-state index contributed by atoms with van der Waals surface area (Å²) in [5, 5.41) is 24.5. The molecule has 3 atom stereocenters. The van der Waals surface area contributed by atoms with E-state index in [2.05, 4.69) is 5.32 Å². The number of methoxy groups -OCH3 is 1. The van der Waals surface area contributed by atoms with E-state index in [1.165, 1.54) is 13.2 Å². The van der Waals surface area contributed by atoms with Gasteiger partial charge in [-0.05, 0) is 30.0 Å². The van der Waals surface area contributed by atoms with Crippen LogP contribution in [0.3, 0.4) is 0 Å². The number of nitro groups is 1. The van der Waals surface area contributed by atoms with Gasteiger partial charge in [0.05, 0.1) is 34.9 Å². The van der Waals surface area contributed by atoms with Crippen molar-refractivity contribution in [1.29, 1.82) is 0 Å². The van der Waals surface area contributed by atoms with Gasteiger partial charge in [-0.2, -0.15) is 0 Å². The molecule has 0 spiro atoms. The first kappa shape index (κ1) is 17.1. The number of nitrogens with zero attached hydrogens (tertiary/aromatic N) is 1. The molecule has 1 heterocycles. The van der Waals surface area contributed by atoms with Gasteiger partial charge >= 0.3 is 5.97 Å². The molecule has 2 N–H and O–H groups in total. The van der Waals surface area contributed by atoms with Crippen LogP contribution in [0.25, 0.3) is 0 Å². The molecule has 0 amide bonds. The Morgan fingerprint density at radius 2 is 2.07 bits per heavy atom. The number of carboxylic acids is 1. The highest BCUT2D eigenvalue weighted by atomic mass is 16.6. The van der Waals surface area contributed by atoms with E-state index in [0.717, 1.165) is 0 Å². The Hall–Kier alpha value is -3.35. The smallest absolute Gasteiger partial charge is 0.336 e. The second-order valence-corrected chi connectivity index (χ2v) is 6.70. The van der Waals surface area contributed by atoms with E-state index in [4.69, 9.17) is 4.74 Å². The summed E-state index contributed by atoms with van der Waals surface area (Å²) in [6, 6.07) is 9.63. The highest BCUT2D eigenvalue weighted by molar-refractivity contribution is 5.90. The number of nitro benzene ring substituents is 1. The second kappa shape index (κ2) is 6.42. The van der Waals surface area contributed by atoms with Crippen LogP contribution in [0.15, 0.2) is 48.6 Å². The molecule has 1 aliphatic carbocycles. The van der Waals surface area contributed by atoms with Gasteiger partial charge < -0.3 is 15.2 Å². The SMILES string of the molecule is COc1ccc([N+](=O)[O-])c2c1N[C@H](c1ccccc1C(=O)O)[C@H]1CC=C[C@@H]21. The molecule has 0 unspecified atom stereocenters. The lowest BCUT2D eigenvalue weighted by atomic mass is 9.75. The molecule has 0 aromatic heterocycles. The summed E-state index contributed by atoms with van der Waals surface area (Å²) in [6.07, 6.45) is 4.70. The van der Waals surface area contributed by atoms with Crippen molar-refractivity contribution in [1.82, 2.24) is 0 Å². The van der Waals surface area contributed by atoms with E-state index < -0.39 is 5.97 Å². The Labute approximate surface area is 155 Å². The van der Waals surface area contributed by atoms with Crippen molar-refractivity contribution >= 4 is 17.3 Å². The van der Waals surface area contributed by atoms with Crippen molar-refractivity contribution < 1.29 is 19.6 Å². The number of aromatic carboxylic acids is 1. The van der Waals surface area contributed by atoms with Crippen LogP contribution in [0.1, 0.15) is 39.9 Å². The van der Waals surface area contributed by atoms with Gasteiger partial charge in [-0.15, -0.1) is 0 Å². The molecule has 0 fully saturated rings. The number of anilines is 1. The number of benzene rings is 2. The highest BCUT2D eigenvalue weighted by Crippen LogP contribution is 2.55. The van der Waals surface area contributed by atoms with Crippen LogP contribution >= 0.6 is 0 Å². The molecular formula is C20H18N2O5. The first-order chi connectivity index (χ1) is 13.0. The third-order valence-corrected chi connectivity index (χ3v) is 5.40. The Balaban J connectivity index is 1.92. The standard InChI is InChI=1S/C20H18N2O5/c1-27-16-10-9-15(22(25)26)17-11-7-4-8-12(11)18(21-19(16)17)13-5-2-3-6-14(13)20(23)24/h2-7,9-12,18,21H,8H2,1H3,(H,23,24)/t11-,12+,18+/m1/s1. The molecular weight excluding hydrogens is 348 g/mol. The maximum Gasteiger partial charge on any atom is 0.336 e. The zero-order chi connectivity index (χ0) is 19.1. The number of carboxylic acid groups (broad SMARTS) is 1. The Kier molecular flexibility index (Phi) is 4.07. The molecule has 27 heavy (non-hydrogen) atoms. The highest BCUT2D eigenvalue weighted by Gasteiger charge is 2.43. The zero-order valence-electron chi connectivity index (χ0n) is 14.6. The summed E-state index contributed by atoms with van der Waals surface area (Å²) in [6.45, 7) is 0. The minimum Gasteiger partial charge on any atom is -0.495 e. The van der Waals surface area contributed by atoms with Crippen molar-refractivity contribution in [2.45, 2.75) is 18.4 Å². The molecule has 2 aliphatic rings. The van der Waals surface area contributed by atoms with Gasteiger partial charge in [-0.3, -0.25) is 10.1 Å². The average molecular weight is 366 g/mol. The third-order valence-electron chi connectivity index (χ3n) is 5.40. The summed E-state index contributed by atoms with van der Waals surface area (Å²) in [5.74, 6) is -0.675. The number of carbonyl (C=O) groups is 1. The summed E-state index contributed by atoms with van der Waals surface area (Å²) in [7, 11) is 1.51. The summed E-state index contributed by atoms with van der Waals surface area (Å²) >= 11 is 0. The molecule has 2 aromatic carbocycles. The first-order valence-electron chi connectivity index (χ1n) is 8.63. The van der Waals surface area contributed by atoms with Crippen LogP contribution in [0, 0.1) is 16.0 Å². The van der Waals surface area contributed by atoms with Crippen LogP contribution in [-0.4, -0.2) is 23.1 Å². The molecule has 0 saturated heterocycles. The zero-order valence-corrected chi connectivity index (χ0v) is 14.6. The Morgan fingerprint density at radius 1 is 1.30 bits per heavy atom. The molecule has 1 aliphatic heterocycles. The average Bonchev–Trinajstić information content (AvgIpc) is 3.16. The molecule has 0 bridgehead atoms. The number of ether oxygens (including phenoxy) is 1. The number of allylic oxidation sites excluding steroid dienone is 2. The van der Waals surface area contributed by atoms with Gasteiger partial charge in [0.25, 0.3) is 5.69 Å². The van der Waals surface area contributed by atoms with E-state index >= 15 is 0 Å². The van der Waals surface area contributed by atoms with Crippen molar-refractivity contribution in [3.05, 3.63) is 75.4 Å². The maximum absolute atomic E-state index is 11.7. The summed E-state index contributed by atoms with van der Waals surface area (Å²) in [5.41, 5.74) is 2.10. The topological polar surface area (TPSA) is 102 Å². The number of rotatable bonds is 4. The van der Waals surface area contributed by atoms with Gasteiger partial charge in [0.2, 0.25) is 0 Å². The van der Waals surface area contributed by atoms with E-state index in [0.29, 0.717) is 29.0 Å².